The summed E-state index contributed by atoms with van der Waals surface area (Å²) < 4.78 is 36.2. The van der Waals surface area contributed by atoms with Crippen LogP contribution in [0.25, 0.3) is 11.0 Å². The molecule has 0 aliphatic rings. The van der Waals surface area contributed by atoms with Crippen molar-refractivity contribution in [2.45, 2.75) is 4.90 Å². The lowest BCUT2D eigenvalue weighted by Crippen LogP contribution is -2.13. The van der Waals surface area contributed by atoms with Gasteiger partial charge in [-0.2, -0.15) is 8.75 Å². The lowest BCUT2D eigenvalue weighted by molar-refractivity contribution is 0.602. The molecule has 0 saturated heterocycles. The van der Waals surface area contributed by atoms with Crippen molar-refractivity contribution in [2.75, 3.05) is 4.72 Å². The number of anilines is 1. The van der Waals surface area contributed by atoms with Crippen molar-refractivity contribution in [2.24, 2.45) is 0 Å². The van der Waals surface area contributed by atoms with Crippen LogP contribution in [0.2, 0.25) is 5.02 Å². The van der Waals surface area contributed by atoms with E-state index in [0.29, 0.717) is 26.2 Å². The van der Waals surface area contributed by atoms with Gasteiger partial charge in [-0.3, -0.25) is 4.72 Å². The van der Waals surface area contributed by atoms with E-state index in [0.717, 1.165) is 11.7 Å². The highest BCUT2D eigenvalue weighted by atomic mass is 79.9. The van der Waals surface area contributed by atoms with Crippen molar-refractivity contribution >= 4 is 66.0 Å². The molecule has 9 heteroatoms. The highest BCUT2D eigenvalue weighted by molar-refractivity contribution is 9.10. The van der Waals surface area contributed by atoms with Crippen LogP contribution in [0.4, 0.5) is 5.69 Å². The van der Waals surface area contributed by atoms with Gasteiger partial charge in [0.25, 0.3) is 10.0 Å². The number of nitrogens with zero attached hydrogens (tertiary/aromatic N) is 2. The van der Waals surface area contributed by atoms with E-state index in [2.05, 4.69) is 29.4 Å². The summed E-state index contributed by atoms with van der Waals surface area (Å²) in [5.74, 6) is 0. The van der Waals surface area contributed by atoms with E-state index in [1.54, 1.807) is 24.3 Å². The van der Waals surface area contributed by atoms with Gasteiger partial charge in [0.1, 0.15) is 15.9 Å². The van der Waals surface area contributed by atoms with E-state index in [9.17, 15) is 8.42 Å². The molecule has 0 unspecified atom stereocenters. The van der Waals surface area contributed by atoms with Crippen LogP contribution in [0, 0.1) is 0 Å². The number of benzene rings is 2. The average Bonchev–Trinajstić information content (AvgIpc) is 2.90. The van der Waals surface area contributed by atoms with Crippen LogP contribution in [0.1, 0.15) is 0 Å². The molecule has 3 aromatic rings. The number of fused-ring (bicyclic) bond motifs is 1. The topological polar surface area (TPSA) is 72.0 Å². The quantitative estimate of drug-likeness (QED) is 0.718. The molecule has 0 aliphatic carbocycles. The summed E-state index contributed by atoms with van der Waals surface area (Å²) in [6, 6.07) is 9.66. The van der Waals surface area contributed by atoms with Crippen molar-refractivity contribution in [3.05, 3.63) is 45.9 Å². The molecule has 0 amide bonds. The largest absolute Gasteiger partial charge is 0.280 e. The van der Waals surface area contributed by atoms with Gasteiger partial charge < -0.3 is 0 Å². The van der Waals surface area contributed by atoms with Gasteiger partial charge in [-0.05, 0) is 46.3 Å². The van der Waals surface area contributed by atoms with Crippen LogP contribution in [0.5, 0.6) is 0 Å². The highest BCUT2D eigenvalue weighted by Crippen LogP contribution is 2.28. The predicted octanol–water partition coefficient (Wildman–Crippen LogP) is 3.91. The molecule has 0 atom stereocenters. The summed E-state index contributed by atoms with van der Waals surface area (Å²) in [6.45, 7) is 0. The molecule has 1 N–H and O–H groups in total. The van der Waals surface area contributed by atoms with Crippen LogP contribution in [-0.2, 0) is 10.0 Å². The smallest absolute Gasteiger partial charge is 0.264 e. The zero-order valence-corrected chi connectivity index (χ0v) is 14.2. The van der Waals surface area contributed by atoms with E-state index >= 15 is 0 Å². The third-order valence-electron chi connectivity index (χ3n) is 2.71. The SMILES string of the molecule is O=S(=O)(Nc1ccc(Br)c(Cl)c1)c1cccc2nsnc12. The van der Waals surface area contributed by atoms with Gasteiger partial charge in [0.15, 0.2) is 0 Å². The second kappa shape index (κ2) is 5.53. The molecule has 0 radical (unpaired) electrons. The number of hydrogen-bond donors (Lipinski definition) is 1. The highest BCUT2D eigenvalue weighted by Gasteiger charge is 2.19. The Kier molecular flexibility index (Phi) is 3.87. The van der Waals surface area contributed by atoms with Gasteiger partial charge in [-0.15, -0.1) is 0 Å². The van der Waals surface area contributed by atoms with Crippen molar-refractivity contribution in [1.82, 2.24) is 8.75 Å². The minimum Gasteiger partial charge on any atom is -0.280 e. The van der Waals surface area contributed by atoms with Crippen LogP contribution in [0.15, 0.2) is 45.8 Å². The van der Waals surface area contributed by atoms with Gasteiger partial charge >= 0.3 is 0 Å². The summed E-state index contributed by atoms with van der Waals surface area (Å²) in [4.78, 5) is 0.0905. The molecule has 3 rings (SSSR count). The molecule has 1 heterocycles. The number of rotatable bonds is 3. The van der Waals surface area contributed by atoms with Gasteiger partial charge in [0.05, 0.1) is 22.4 Å². The summed E-state index contributed by atoms with van der Waals surface area (Å²) in [6.07, 6.45) is 0. The molecule has 1 aromatic heterocycles. The fourth-order valence-corrected chi connectivity index (χ4v) is 4.01. The van der Waals surface area contributed by atoms with Gasteiger partial charge in [-0.1, -0.05) is 17.7 Å². The number of aromatic nitrogens is 2. The molecule has 5 nitrogen and oxygen atoms in total. The molecular formula is C12H7BrClN3O2S2. The lowest BCUT2D eigenvalue weighted by atomic mass is 10.3. The molecule has 0 bridgehead atoms. The zero-order chi connectivity index (χ0) is 15.0. The van der Waals surface area contributed by atoms with E-state index in [1.807, 2.05) is 0 Å². The maximum Gasteiger partial charge on any atom is 0.264 e. The first-order valence-corrected chi connectivity index (χ1v) is 9.05. The van der Waals surface area contributed by atoms with Crippen LogP contribution >= 0.6 is 39.3 Å². The normalized spacial score (nSPS) is 11.7. The Labute approximate surface area is 138 Å². The van der Waals surface area contributed by atoms with Crippen LogP contribution in [0.3, 0.4) is 0 Å². The Hall–Kier alpha value is -1.22. The Bertz CT molecular complexity index is 927. The average molecular weight is 405 g/mol. The molecule has 0 aliphatic heterocycles. The Morgan fingerprint density at radius 2 is 2.00 bits per heavy atom. The van der Waals surface area contributed by atoms with Crippen molar-refractivity contribution in [3.63, 3.8) is 0 Å². The third-order valence-corrected chi connectivity index (χ3v) is 5.90. The van der Waals surface area contributed by atoms with E-state index < -0.39 is 10.0 Å². The summed E-state index contributed by atoms with van der Waals surface area (Å²) in [7, 11) is -3.76. The second-order valence-electron chi connectivity index (χ2n) is 4.12. The number of halogens is 2. The molecule has 0 saturated carbocycles. The van der Waals surface area contributed by atoms with Crippen LogP contribution < -0.4 is 4.72 Å². The standard InChI is InChI=1S/C12H7BrClN3O2S2/c13-8-5-4-7(6-9(8)14)17-21(18,19)11-3-1-2-10-12(11)16-20-15-10/h1-6,17H. The monoisotopic (exact) mass is 403 g/mol. The maximum absolute atomic E-state index is 12.5. The van der Waals surface area contributed by atoms with Gasteiger partial charge in [0, 0.05) is 4.47 Å². The predicted molar refractivity (Wildman–Crippen MR) is 87.4 cm³/mol. The summed E-state index contributed by atoms with van der Waals surface area (Å²) in [5.41, 5.74) is 1.29. The van der Waals surface area contributed by atoms with E-state index in [-0.39, 0.29) is 4.90 Å². The molecule has 2 aromatic carbocycles. The number of hydrogen-bond acceptors (Lipinski definition) is 5. The minimum absolute atomic E-state index is 0.0905. The zero-order valence-electron chi connectivity index (χ0n) is 10.2. The first-order valence-electron chi connectivity index (χ1n) is 5.66. The third kappa shape index (κ3) is 2.89. The summed E-state index contributed by atoms with van der Waals surface area (Å²) in [5, 5.41) is 0.420. The first kappa shape index (κ1) is 14.7. The lowest BCUT2D eigenvalue weighted by Gasteiger charge is -2.09. The first-order chi connectivity index (χ1) is 9.97. The molecule has 0 spiro atoms. The fraction of sp³-hybridized carbons (Fsp3) is 0. The van der Waals surface area contributed by atoms with Gasteiger partial charge in [0.2, 0.25) is 0 Å². The Morgan fingerprint density at radius 3 is 2.76 bits per heavy atom. The Morgan fingerprint density at radius 1 is 1.19 bits per heavy atom. The molecule has 21 heavy (non-hydrogen) atoms. The van der Waals surface area contributed by atoms with Gasteiger partial charge in [-0.25, -0.2) is 8.42 Å². The van der Waals surface area contributed by atoms with Crippen molar-refractivity contribution in [1.29, 1.82) is 0 Å². The molecular weight excluding hydrogens is 398 g/mol. The van der Waals surface area contributed by atoms with E-state index in [1.165, 1.54) is 12.1 Å². The molecule has 108 valence electrons. The van der Waals surface area contributed by atoms with Crippen LogP contribution in [-0.4, -0.2) is 17.2 Å². The maximum atomic E-state index is 12.5. The number of sulfonamides is 1. The van der Waals surface area contributed by atoms with E-state index in [4.69, 9.17) is 11.6 Å². The minimum atomic E-state index is -3.76. The second-order valence-corrected chi connectivity index (χ2v) is 7.56. The Balaban J connectivity index is 2.04. The van der Waals surface area contributed by atoms with Crippen molar-refractivity contribution < 1.29 is 8.42 Å². The van der Waals surface area contributed by atoms with Crippen molar-refractivity contribution in [3.8, 4) is 0 Å². The fourth-order valence-electron chi connectivity index (χ4n) is 1.77. The molecule has 0 fully saturated rings. The summed E-state index contributed by atoms with van der Waals surface area (Å²) >= 11 is 10.2. The number of nitrogens with one attached hydrogen (secondary N) is 1.